The van der Waals surface area contributed by atoms with Crippen LogP contribution in [0, 0.1) is 5.92 Å². The van der Waals surface area contributed by atoms with Gasteiger partial charge in [-0.3, -0.25) is 4.79 Å². The molecule has 1 amide bonds. The minimum atomic E-state index is 0.115. The van der Waals surface area contributed by atoms with Crippen LogP contribution in [-0.2, 0) is 11.3 Å². The summed E-state index contributed by atoms with van der Waals surface area (Å²) in [5.41, 5.74) is 3.39. The van der Waals surface area contributed by atoms with Crippen molar-refractivity contribution in [3.63, 3.8) is 0 Å². The second kappa shape index (κ2) is 9.06. The van der Waals surface area contributed by atoms with Crippen molar-refractivity contribution in [3.05, 3.63) is 84.2 Å². The highest BCUT2D eigenvalue weighted by molar-refractivity contribution is 5.83. The van der Waals surface area contributed by atoms with Gasteiger partial charge in [0.15, 0.2) is 0 Å². The fourth-order valence-corrected chi connectivity index (χ4v) is 4.90. The van der Waals surface area contributed by atoms with E-state index in [-0.39, 0.29) is 5.92 Å². The number of likely N-dealkylation sites (tertiary alicyclic amines) is 1. The Balaban J connectivity index is 1.33. The molecule has 0 radical (unpaired) electrons. The first-order chi connectivity index (χ1) is 15.3. The second-order valence-electron chi connectivity index (χ2n) is 8.90. The van der Waals surface area contributed by atoms with E-state index in [1.165, 1.54) is 31.5 Å². The van der Waals surface area contributed by atoms with Crippen LogP contribution in [0.2, 0.25) is 0 Å². The van der Waals surface area contributed by atoms with Crippen LogP contribution in [-0.4, -0.2) is 46.8 Å². The minimum Gasteiger partial charge on any atom is -0.333 e. The Kier molecular flexibility index (Phi) is 5.85. The van der Waals surface area contributed by atoms with Crippen molar-refractivity contribution >= 4 is 5.91 Å². The van der Waals surface area contributed by atoms with Crippen LogP contribution in [0.4, 0.5) is 0 Å². The molecule has 0 spiro atoms. The summed E-state index contributed by atoms with van der Waals surface area (Å²) in [6, 6.07) is 22.7. The number of quaternary nitrogens is 1. The van der Waals surface area contributed by atoms with Crippen LogP contribution in [0.25, 0.3) is 5.69 Å². The van der Waals surface area contributed by atoms with Crippen LogP contribution in [0.5, 0.6) is 0 Å². The first-order valence-electron chi connectivity index (χ1n) is 11.6. The molecule has 1 aliphatic carbocycles. The molecular formula is C26H31N4O+. The highest BCUT2D eigenvalue weighted by Crippen LogP contribution is 2.48. The number of carbonyl (C=O) groups excluding carboxylic acids is 1. The van der Waals surface area contributed by atoms with Gasteiger partial charge < -0.3 is 9.80 Å². The molecule has 5 heteroatoms. The number of nitrogens with zero attached hydrogens (tertiary/aromatic N) is 3. The van der Waals surface area contributed by atoms with Crippen molar-refractivity contribution in [3.8, 4) is 5.69 Å². The van der Waals surface area contributed by atoms with Crippen molar-refractivity contribution in [2.75, 3.05) is 26.2 Å². The maximum atomic E-state index is 13.6. The maximum absolute atomic E-state index is 13.6. The third-order valence-corrected chi connectivity index (χ3v) is 6.77. The van der Waals surface area contributed by atoms with Gasteiger partial charge in [-0.15, -0.1) is 0 Å². The zero-order valence-corrected chi connectivity index (χ0v) is 18.0. The molecular weight excluding hydrogens is 384 g/mol. The molecule has 0 bridgehead atoms. The quantitative estimate of drug-likeness (QED) is 0.615. The van der Waals surface area contributed by atoms with E-state index >= 15 is 0 Å². The van der Waals surface area contributed by atoms with Gasteiger partial charge in [0.1, 0.15) is 0 Å². The number of amides is 1. The fourth-order valence-electron chi connectivity index (χ4n) is 4.90. The smallest absolute Gasteiger partial charge is 0.226 e. The topological polar surface area (TPSA) is 42.6 Å². The zero-order chi connectivity index (χ0) is 21.0. The molecule has 2 aromatic carbocycles. The summed E-state index contributed by atoms with van der Waals surface area (Å²) >= 11 is 0. The van der Waals surface area contributed by atoms with E-state index in [0.717, 1.165) is 30.9 Å². The summed E-state index contributed by atoms with van der Waals surface area (Å²) in [6.45, 7) is 4.93. The van der Waals surface area contributed by atoms with E-state index in [1.807, 2.05) is 41.2 Å². The highest BCUT2D eigenvalue weighted by Gasteiger charge is 2.45. The molecule has 2 fully saturated rings. The molecule has 0 unspecified atom stereocenters. The van der Waals surface area contributed by atoms with E-state index in [1.54, 1.807) is 4.90 Å². The molecule has 1 saturated carbocycles. The lowest BCUT2D eigenvalue weighted by Gasteiger charge is -2.25. The van der Waals surface area contributed by atoms with Crippen LogP contribution in [0.3, 0.4) is 0 Å². The van der Waals surface area contributed by atoms with E-state index in [4.69, 9.17) is 0 Å². The molecule has 1 aliphatic heterocycles. The number of hydrogen-bond donors (Lipinski definition) is 1. The van der Waals surface area contributed by atoms with Gasteiger partial charge in [-0.25, -0.2) is 4.68 Å². The average Bonchev–Trinajstić information content (AvgIpc) is 3.19. The monoisotopic (exact) mass is 415 g/mol. The largest absolute Gasteiger partial charge is 0.333 e. The number of carbonyl (C=O) groups is 1. The third kappa shape index (κ3) is 4.57. The molecule has 2 heterocycles. The van der Waals surface area contributed by atoms with Crippen molar-refractivity contribution in [1.82, 2.24) is 14.7 Å². The average molecular weight is 416 g/mol. The lowest BCUT2D eigenvalue weighted by Crippen LogP contribution is -3.10. The van der Waals surface area contributed by atoms with Crippen LogP contribution in [0.15, 0.2) is 72.9 Å². The SMILES string of the molecule is O=C([C@H]1C[C@H]1c1ccccc1)N(CC[NH+]1CCCC1)Cc1ccnn1-c1ccccc1. The third-order valence-electron chi connectivity index (χ3n) is 6.77. The molecule has 5 rings (SSSR count). The first kappa shape index (κ1) is 20.0. The van der Waals surface area contributed by atoms with E-state index in [9.17, 15) is 4.79 Å². The van der Waals surface area contributed by atoms with Crippen molar-refractivity contribution < 1.29 is 9.69 Å². The van der Waals surface area contributed by atoms with Gasteiger partial charge in [-0.2, -0.15) is 5.10 Å². The van der Waals surface area contributed by atoms with E-state index in [0.29, 0.717) is 18.4 Å². The molecule has 1 aromatic heterocycles. The Bertz CT molecular complexity index is 995. The zero-order valence-electron chi connectivity index (χ0n) is 18.0. The highest BCUT2D eigenvalue weighted by atomic mass is 16.2. The molecule has 1 saturated heterocycles. The second-order valence-corrected chi connectivity index (χ2v) is 8.90. The van der Waals surface area contributed by atoms with Gasteiger partial charge in [0.05, 0.1) is 44.1 Å². The number of hydrogen-bond acceptors (Lipinski definition) is 2. The maximum Gasteiger partial charge on any atom is 0.226 e. The van der Waals surface area contributed by atoms with Crippen molar-refractivity contribution in [2.45, 2.75) is 31.7 Å². The summed E-state index contributed by atoms with van der Waals surface area (Å²) in [5, 5.41) is 4.53. The summed E-state index contributed by atoms with van der Waals surface area (Å²) in [6.07, 6.45) is 5.42. The van der Waals surface area contributed by atoms with Crippen molar-refractivity contribution in [2.24, 2.45) is 5.92 Å². The molecule has 5 nitrogen and oxygen atoms in total. The molecule has 1 N–H and O–H groups in total. The Morgan fingerprint density at radius 3 is 2.45 bits per heavy atom. The number of benzene rings is 2. The summed E-state index contributed by atoms with van der Waals surface area (Å²) in [4.78, 5) is 17.3. The lowest BCUT2D eigenvalue weighted by molar-refractivity contribution is -0.886. The van der Waals surface area contributed by atoms with E-state index in [2.05, 4.69) is 46.4 Å². The van der Waals surface area contributed by atoms with Gasteiger partial charge >= 0.3 is 0 Å². The Hall–Kier alpha value is -2.92. The van der Waals surface area contributed by atoms with Gasteiger partial charge in [0, 0.05) is 25.0 Å². The van der Waals surface area contributed by atoms with Crippen LogP contribution in [0.1, 0.15) is 36.4 Å². The van der Waals surface area contributed by atoms with E-state index < -0.39 is 0 Å². The Labute approximate surface area is 184 Å². The predicted octanol–water partition coefficient (Wildman–Crippen LogP) is 2.68. The number of aromatic nitrogens is 2. The summed E-state index contributed by atoms with van der Waals surface area (Å²) in [5.74, 6) is 0.784. The summed E-state index contributed by atoms with van der Waals surface area (Å²) < 4.78 is 1.96. The molecule has 3 aromatic rings. The Morgan fingerprint density at radius 2 is 1.71 bits per heavy atom. The molecule has 2 aliphatic rings. The van der Waals surface area contributed by atoms with Gasteiger partial charge in [0.2, 0.25) is 5.91 Å². The van der Waals surface area contributed by atoms with Gasteiger partial charge in [-0.05, 0) is 36.1 Å². The minimum absolute atomic E-state index is 0.115. The molecule has 160 valence electrons. The summed E-state index contributed by atoms with van der Waals surface area (Å²) in [7, 11) is 0. The van der Waals surface area contributed by atoms with Crippen LogP contribution < -0.4 is 4.90 Å². The van der Waals surface area contributed by atoms with Crippen LogP contribution >= 0.6 is 0 Å². The molecule has 2 atom stereocenters. The number of rotatable bonds is 8. The predicted molar refractivity (Wildman–Crippen MR) is 121 cm³/mol. The van der Waals surface area contributed by atoms with Gasteiger partial charge in [-0.1, -0.05) is 48.5 Å². The first-order valence-corrected chi connectivity index (χ1v) is 11.6. The van der Waals surface area contributed by atoms with Crippen molar-refractivity contribution in [1.29, 1.82) is 0 Å². The standard InChI is InChI=1S/C26H30N4O/c31-26(25-19-24(25)21-9-3-1-4-10-21)29(18-17-28-15-7-8-16-28)20-23-13-14-27-30(23)22-11-5-2-6-12-22/h1-6,9-14,24-25H,7-8,15-20H2/p+1/t24-,25-/m0/s1. The number of nitrogens with one attached hydrogen (secondary N) is 1. The normalized spacial score (nSPS) is 20.6. The van der Waals surface area contributed by atoms with Gasteiger partial charge in [0.25, 0.3) is 0 Å². The lowest BCUT2D eigenvalue weighted by atomic mass is 10.1. The molecule has 31 heavy (non-hydrogen) atoms. The fraction of sp³-hybridized carbons (Fsp3) is 0.385. The Morgan fingerprint density at radius 1 is 1.00 bits per heavy atom. The number of para-hydroxylation sites is 1.